The monoisotopic (exact) mass is 286 g/mol. The second kappa shape index (κ2) is 5.91. The fraction of sp³-hybridized carbons (Fsp3) is 0.533. The second-order valence-electron chi connectivity index (χ2n) is 5.68. The van der Waals surface area contributed by atoms with Gasteiger partial charge < -0.3 is 4.90 Å². The Labute approximate surface area is 125 Å². The zero-order valence-corrected chi connectivity index (χ0v) is 12.9. The molecule has 0 aliphatic carbocycles. The van der Waals surface area contributed by atoms with Gasteiger partial charge in [0, 0.05) is 31.9 Å². The molecule has 1 aliphatic rings. The summed E-state index contributed by atoms with van der Waals surface area (Å²) >= 11 is 0. The van der Waals surface area contributed by atoms with Crippen LogP contribution in [-0.4, -0.2) is 62.8 Å². The predicted molar refractivity (Wildman–Crippen MR) is 81.4 cm³/mol. The Morgan fingerprint density at radius 1 is 1.14 bits per heavy atom. The molecule has 2 aromatic rings. The first-order valence-electron chi connectivity index (χ1n) is 7.41. The summed E-state index contributed by atoms with van der Waals surface area (Å²) in [6.45, 7) is 8.51. The molecule has 0 bridgehead atoms. The Morgan fingerprint density at radius 2 is 1.90 bits per heavy atom. The van der Waals surface area contributed by atoms with E-state index in [2.05, 4.69) is 38.8 Å². The van der Waals surface area contributed by atoms with Crippen LogP contribution in [0.15, 0.2) is 24.5 Å². The molecule has 112 valence electrons. The largest absolute Gasteiger partial charge is 0.304 e. The minimum Gasteiger partial charge on any atom is -0.304 e. The highest BCUT2D eigenvalue weighted by molar-refractivity contribution is 5.24. The third kappa shape index (κ3) is 2.96. The zero-order chi connectivity index (χ0) is 14.8. The Morgan fingerprint density at radius 3 is 2.62 bits per heavy atom. The van der Waals surface area contributed by atoms with Crippen molar-refractivity contribution in [3.8, 4) is 5.82 Å². The average molecular weight is 286 g/mol. The van der Waals surface area contributed by atoms with Crippen LogP contribution in [0.25, 0.3) is 5.82 Å². The smallest absolute Gasteiger partial charge is 0.155 e. The van der Waals surface area contributed by atoms with Gasteiger partial charge in [-0.15, -0.1) is 0 Å². The van der Waals surface area contributed by atoms with Gasteiger partial charge >= 0.3 is 0 Å². The predicted octanol–water partition coefficient (Wildman–Crippen LogP) is 1.28. The molecule has 1 saturated heterocycles. The molecule has 0 spiro atoms. The molecule has 1 unspecified atom stereocenters. The van der Waals surface area contributed by atoms with Crippen LogP contribution in [0.3, 0.4) is 0 Å². The van der Waals surface area contributed by atoms with Crippen LogP contribution in [0.4, 0.5) is 0 Å². The number of aryl methyl sites for hydroxylation is 1. The summed E-state index contributed by atoms with van der Waals surface area (Å²) in [4.78, 5) is 13.8. The summed E-state index contributed by atoms with van der Waals surface area (Å²) in [5.74, 6) is 1.79. The number of aromatic nitrogens is 4. The molecule has 0 saturated carbocycles. The minimum absolute atomic E-state index is 0.239. The van der Waals surface area contributed by atoms with Crippen LogP contribution >= 0.6 is 0 Å². The van der Waals surface area contributed by atoms with Crippen molar-refractivity contribution in [3.63, 3.8) is 0 Å². The van der Waals surface area contributed by atoms with Gasteiger partial charge in [0.25, 0.3) is 0 Å². The topological polar surface area (TPSA) is 50.1 Å². The number of nitrogens with zero attached hydrogens (tertiary/aromatic N) is 6. The van der Waals surface area contributed by atoms with E-state index < -0.39 is 0 Å². The molecule has 6 nitrogen and oxygen atoms in total. The van der Waals surface area contributed by atoms with Gasteiger partial charge in [0.1, 0.15) is 6.33 Å². The van der Waals surface area contributed by atoms with Gasteiger partial charge in [-0.2, -0.15) is 9.78 Å². The lowest BCUT2D eigenvalue weighted by Crippen LogP contribution is -2.45. The fourth-order valence-corrected chi connectivity index (χ4v) is 2.73. The normalized spacial score (nSPS) is 18.8. The maximum absolute atomic E-state index is 4.55. The van der Waals surface area contributed by atoms with Crippen molar-refractivity contribution in [3.05, 3.63) is 36.0 Å². The van der Waals surface area contributed by atoms with Gasteiger partial charge in [-0.25, -0.2) is 9.97 Å². The number of rotatable bonds is 3. The summed E-state index contributed by atoms with van der Waals surface area (Å²) < 4.78 is 1.86. The molecule has 1 fully saturated rings. The third-order valence-electron chi connectivity index (χ3n) is 4.12. The molecule has 21 heavy (non-hydrogen) atoms. The van der Waals surface area contributed by atoms with Gasteiger partial charge in [-0.3, -0.25) is 4.90 Å². The lowest BCUT2D eigenvalue weighted by molar-refractivity contribution is 0.114. The van der Waals surface area contributed by atoms with Crippen LogP contribution in [0.1, 0.15) is 24.5 Å². The van der Waals surface area contributed by atoms with E-state index in [1.165, 1.54) is 0 Å². The number of hydrogen-bond acceptors (Lipinski definition) is 5. The van der Waals surface area contributed by atoms with Crippen molar-refractivity contribution in [1.82, 2.24) is 29.5 Å². The van der Waals surface area contributed by atoms with E-state index in [1.807, 2.05) is 29.8 Å². The maximum atomic E-state index is 4.55. The van der Waals surface area contributed by atoms with E-state index >= 15 is 0 Å². The molecule has 0 amide bonds. The Balaban J connectivity index is 1.85. The standard InChI is InChI=1S/C15H22N6/c1-12-5-4-6-14(18-12)21-15(16-11-17-21)13(2)20-9-7-19(3)8-10-20/h4-6,11,13H,7-10H2,1-3H3. The number of likely N-dealkylation sites (N-methyl/N-ethyl adjacent to an activating group) is 1. The van der Waals surface area contributed by atoms with Crippen molar-refractivity contribution < 1.29 is 0 Å². The van der Waals surface area contributed by atoms with E-state index in [0.29, 0.717) is 0 Å². The van der Waals surface area contributed by atoms with Gasteiger partial charge in [0.05, 0.1) is 6.04 Å². The SMILES string of the molecule is Cc1cccc(-n2ncnc2C(C)N2CCN(C)CC2)n1. The van der Waals surface area contributed by atoms with Crippen LogP contribution in [0.5, 0.6) is 0 Å². The molecule has 6 heteroatoms. The minimum atomic E-state index is 0.239. The van der Waals surface area contributed by atoms with E-state index in [9.17, 15) is 0 Å². The van der Waals surface area contributed by atoms with E-state index in [0.717, 1.165) is 43.5 Å². The summed E-state index contributed by atoms with van der Waals surface area (Å²) in [6.07, 6.45) is 1.62. The van der Waals surface area contributed by atoms with Crippen LogP contribution in [0.2, 0.25) is 0 Å². The number of piperazine rings is 1. The fourth-order valence-electron chi connectivity index (χ4n) is 2.73. The molecule has 2 aromatic heterocycles. The first kappa shape index (κ1) is 14.2. The summed E-state index contributed by atoms with van der Waals surface area (Å²) in [5.41, 5.74) is 0.987. The first-order valence-corrected chi connectivity index (χ1v) is 7.41. The van der Waals surface area contributed by atoms with E-state index in [-0.39, 0.29) is 6.04 Å². The van der Waals surface area contributed by atoms with Crippen LogP contribution < -0.4 is 0 Å². The highest BCUT2D eigenvalue weighted by Crippen LogP contribution is 2.21. The molecule has 1 atom stereocenters. The second-order valence-corrected chi connectivity index (χ2v) is 5.68. The highest BCUT2D eigenvalue weighted by Gasteiger charge is 2.24. The van der Waals surface area contributed by atoms with Gasteiger partial charge in [-0.05, 0) is 33.0 Å². The van der Waals surface area contributed by atoms with Gasteiger partial charge in [0.15, 0.2) is 11.6 Å². The van der Waals surface area contributed by atoms with Crippen molar-refractivity contribution in [1.29, 1.82) is 0 Å². The third-order valence-corrected chi connectivity index (χ3v) is 4.12. The molecule has 1 aliphatic heterocycles. The Bertz CT molecular complexity index is 600. The zero-order valence-electron chi connectivity index (χ0n) is 12.9. The van der Waals surface area contributed by atoms with Crippen LogP contribution in [-0.2, 0) is 0 Å². The molecule has 0 radical (unpaired) electrons. The summed E-state index contributed by atoms with van der Waals surface area (Å²) in [7, 11) is 2.17. The molecular weight excluding hydrogens is 264 g/mol. The molecule has 0 aromatic carbocycles. The molecular formula is C15H22N6. The number of hydrogen-bond donors (Lipinski definition) is 0. The maximum Gasteiger partial charge on any atom is 0.155 e. The Kier molecular flexibility index (Phi) is 3.98. The highest BCUT2D eigenvalue weighted by atomic mass is 15.4. The van der Waals surface area contributed by atoms with E-state index in [1.54, 1.807) is 6.33 Å². The van der Waals surface area contributed by atoms with Crippen LogP contribution in [0, 0.1) is 6.92 Å². The van der Waals surface area contributed by atoms with Gasteiger partial charge in [-0.1, -0.05) is 6.07 Å². The lowest BCUT2D eigenvalue weighted by atomic mass is 10.2. The van der Waals surface area contributed by atoms with Crippen molar-refractivity contribution in [2.24, 2.45) is 0 Å². The molecule has 3 rings (SSSR count). The number of pyridine rings is 1. The lowest BCUT2D eigenvalue weighted by Gasteiger charge is -2.35. The molecule has 3 heterocycles. The van der Waals surface area contributed by atoms with Crippen molar-refractivity contribution in [2.75, 3.05) is 33.2 Å². The summed E-state index contributed by atoms with van der Waals surface area (Å²) in [6, 6.07) is 6.21. The first-order chi connectivity index (χ1) is 10.1. The van der Waals surface area contributed by atoms with Crippen molar-refractivity contribution >= 4 is 0 Å². The van der Waals surface area contributed by atoms with E-state index in [4.69, 9.17) is 0 Å². The van der Waals surface area contributed by atoms with Gasteiger partial charge in [0.2, 0.25) is 0 Å². The quantitative estimate of drug-likeness (QED) is 0.850. The average Bonchev–Trinajstić information content (AvgIpc) is 2.97. The van der Waals surface area contributed by atoms with Crippen molar-refractivity contribution in [2.45, 2.75) is 19.9 Å². The summed E-state index contributed by atoms with van der Waals surface area (Å²) in [5, 5.41) is 4.36. The molecule has 0 N–H and O–H groups in total. The Hall–Kier alpha value is -1.79.